The lowest BCUT2D eigenvalue weighted by atomic mass is 10.2. The van der Waals surface area contributed by atoms with Gasteiger partial charge in [-0.05, 0) is 0 Å². The summed E-state index contributed by atoms with van der Waals surface area (Å²) >= 11 is 0. The van der Waals surface area contributed by atoms with Crippen LogP contribution in [0, 0.1) is 0 Å². The first-order valence-corrected chi connectivity index (χ1v) is 4.29. The Balaban J connectivity index is 3.34. The molecule has 1 heterocycles. The molecule has 1 atom stereocenters. The molecule has 0 saturated heterocycles. The quantitative estimate of drug-likeness (QED) is 0.220. The minimum Gasteiger partial charge on any atom is -0.317 e. The van der Waals surface area contributed by atoms with E-state index in [1.165, 1.54) is 14.0 Å². The summed E-state index contributed by atoms with van der Waals surface area (Å²) in [5.74, 6) is 4.14. The molecule has 8 nitrogen and oxygen atoms in total. The summed E-state index contributed by atoms with van der Waals surface area (Å²) in [4.78, 5) is 44.4. The maximum absolute atomic E-state index is 11.4. The second-order valence-corrected chi connectivity index (χ2v) is 3.39. The van der Waals surface area contributed by atoms with E-state index in [1.54, 1.807) is 0 Å². The molecule has 0 aliphatic carbocycles. The average Bonchev–Trinajstić information content (AvgIpc) is 2.14. The van der Waals surface area contributed by atoms with E-state index >= 15 is 0 Å². The van der Waals surface area contributed by atoms with Crippen LogP contribution in [0.3, 0.4) is 0 Å². The Morgan fingerprint density at radius 1 is 1.50 bits per heavy atom. The zero-order valence-electron chi connectivity index (χ0n) is 8.73. The van der Waals surface area contributed by atoms with Gasteiger partial charge in [-0.2, -0.15) is 5.84 Å². The number of carbonyl (C=O) groups excluding carboxylic acids is 4. The summed E-state index contributed by atoms with van der Waals surface area (Å²) in [5.41, 5.74) is -0.615. The standard InChI is InChI=1S/C8H10N4O4/c1-4(14)10-6-5(3-13)12(2,9)8(16)11-7(6)15/h3H,9H2,1-2H3,(H-,10,11,13,14,15,16)/p+1. The molecule has 8 heteroatoms. The number of hydrogen-bond donors (Lipinski definition) is 3. The van der Waals surface area contributed by atoms with Gasteiger partial charge in [0.2, 0.25) is 17.9 Å². The highest BCUT2D eigenvalue weighted by molar-refractivity contribution is 6.09. The SMILES string of the molecule is CC(=O)NC1=C(C=O)[N+](C)(N)C(=O)NC1=O. The summed E-state index contributed by atoms with van der Waals surface area (Å²) in [5, 5.41) is 4.09. The van der Waals surface area contributed by atoms with Gasteiger partial charge in [0, 0.05) is 6.92 Å². The Morgan fingerprint density at radius 3 is 2.50 bits per heavy atom. The molecule has 0 spiro atoms. The number of nitrogens with one attached hydrogen (secondary N) is 2. The number of nitrogens with zero attached hydrogens (tertiary/aromatic N) is 1. The van der Waals surface area contributed by atoms with Crippen LogP contribution >= 0.6 is 0 Å². The number of nitrogens with two attached hydrogens (primary N) is 1. The zero-order valence-corrected chi connectivity index (χ0v) is 8.73. The van der Waals surface area contributed by atoms with Gasteiger partial charge in [0.15, 0.2) is 5.70 Å². The summed E-state index contributed by atoms with van der Waals surface area (Å²) in [6.45, 7) is 1.17. The summed E-state index contributed by atoms with van der Waals surface area (Å²) in [6, 6.07) is -0.846. The van der Waals surface area contributed by atoms with Crippen molar-refractivity contribution in [2.45, 2.75) is 6.92 Å². The molecule has 86 valence electrons. The molecule has 16 heavy (non-hydrogen) atoms. The van der Waals surface area contributed by atoms with Crippen LogP contribution in [0.2, 0.25) is 0 Å². The van der Waals surface area contributed by atoms with Crippen molar-refractivity contribution in [1.29, 1.82) is 0 Å². The van der Waals surface area contributed by atoms with Crippen molar-refractivity contribution in [3.63, 3.8) is 0 Å². The molecule has 0 aromatic rings. The Kier molecular flexibility index (Phi) is 2.88. The molecule has 4 amide bonds. The third kappa shape index (κ3) is 1.83. The van der Waals surface area contributed by atoms with Crippen molar-refractivity contribution in [1.82, 2.24) is 10.6 Å². The number of likely N-dealkylation sites (N-methyl/N-ethyl adjacent to an activating group) is 1. The lowest BCUT2D eigenvalue weighted by molar-refractivity contribution is -0.798. The van der Waals surface area contributed by atoms with Crippen LogP contribution in [0.25, 0.3) is 0 Å². The zero-order chi connectivity index (χ0) is 12.5. The second kappa shape index (κ2) is 3.83. The van der Waals surface area contributed by atoms with E-state index in [0.717, 1.165) is 0 Å². The lowest BCUT2D eigenvalue weighted by Gasteiger charge is -2.29. The third-order valence-electron chi connectivity index (χ3n) is 2.04. The average molecular weight is 227 g/mol. The number of carbonyl (C=O) groups is 4. The molecular formula is C8H11N4O4+. The van der Waals surface area contributed by atoms with Gasteiger partial charge < -0.3 is 5.32 Å². The first-order chi connectivity index (χ1) is 7.30. The maximum atomic E-state index is 11.4. The van der Waals surface area contributed by atoms with E-state index < -0.39 is 22.4 Å². The molecule has 1 aliphatic rings. The highest BCUT2D eigenvalue weighted by atomic mass is 16.2. The number of urea groups is 1. The molecule has 0 bridgehead atoms. The first kappa shape index (κ1) is 12.0. The van der Waals surface area contributed by atoms with Crippen LogP contribution in [0.15, 0.2) is 11.4 Å². The molecule has 1 rings (SSSR count). The van der Waals surface area contributed by atoms with Gasteiger partial charge in [0.1, 0.15) is 7.05 Å². The number of hydrogen-bond acceptors (Lipinski definition) is 5. The van der Waals surface area contributed by atoms with Gasteiger partial charge in [-0.25, -0.2) is 10.1 Å². The van der Waals surface area contributed by atoms with E-state index in [1.807, 2.05) is 5.32 Å². The van der Waals surface area contributed by atoms with Gasteiger partial charge in [0.05, 0.1) is 0 Å². The fraction of sp³-hybridized carbons (Fsp3) is 0.250. The molecule has 4 N–H and O–H groups in total. The Bertz CT molecular complexity index is 424. The minimum absolute atomic E-state index is 0.266. The van der Waals surface area contributed by atoms with Crippen molar-refractivity contribution in [2.75, 3.05) is 7.05 Å². The van der Waals surface area contributed by atoms with Crippen molar-refractivity contribution < 1.29 is 23.8 Å². The maximum Gasteiger partial charge on any atom is 0.447 e. The van der Waals surface area contributed by atoms with Crippen LogP contribution in [-0.2, 0) is 14.4 Å². The minimum atomic E-state index is -0.940. The normalized spacial score (nSPS) is 25.2. The smallest absolute Gasteiger partial charge is 0.317 e. The first-order valence-electron chi connectivity index (χ1n) is 4.29. The predicted octanol–water partition coefficient (Wildman–Crippen LogP) is -1.90. The van der Waals surface area contributed by atoms with Gasteiger partial charge in [-0.3, -0.25) is 14.4 Å². The number of aldehydes is 1. The van der Waals surface area contributed by atoms with E-state index in [4.69, 9.17) is 5.84 Å². The number of rotatable bonds is 2. The van der Waals surface area contributed by atoms with Crippen molar-refractivity contribution in [3.8, 4) is 0 Å². The molecular weight excluding hydrogens is 216 g/mol. The lowest BCUT2D eigenvalue weighted by Crippen LogP contribution is -2.65. The van der Waals surface area contributed by atoms with Crippen LogP contribution in [0.4, 0.5) is 4.79 Å². The van der Waals surface area contributed by atoms with Crippen LogP contribution < -0.4 is 16.5 Å². The summed E-state index contributed by atoms with van der Waals surface area (Å²) in [7, 11) is 1.22. The monoisotopic (exact) mass is 227 g/mol. The fourth-order valence-corrected chi connectivity index (χ4v) is 1.20. The Morgan fingerprint density at radius 2 is 2.06 bits per heavy atom. The van der Waals surface area contributed by atoms with E-state index in [9.17, 15) is 19.2 Å². The summed E-state index contributed by atoms with van der Waals surface area (Å²) < 4.78 is -0.940. The highest BCUT2D eigenvalue weighted by Gasteiger charge is 2.44. The molecule has 1 unspecified atom stereocenters. The molecule has 0 aromatic carbocycles. The Labute approximate surface area is 90.6 Å². The third-order valence-corrected chi connectivity index (χ3v) is 2.04. The van der Waals surface area contributed by atoms with Crippen molar-refractivity contribution in [2.24, 2.45) is 5.84 Å². The summed E-state index contributed by atoms with van der Waals surface area (Å²) in [6.07, 6.45) is 0.266. The highest BCUT2D eigenvalue weighted by Crippen LogP contribution is 2.15. The van der Waals surface area contributed by atoms with E-state index in [0.29, 0.717) is 0 Å². The second-order valence-electron chi connectivity index (χ2n) is 3.39. The van der Waals surface area contributed by atoms with E-state index in [2.05, 4.69) is 5.32 Å². The molecule has 1 aliphatic heterocycles. The van der Waals surface area contributed by atoms with Gasteiger partial charge >= 0.3 is 6.03 Å². The number of allylic oxidation sites excluding steroid dienone is 1. The van der Waals surface area contributed by atoms with Gasteiger partial charge in [-0.1, -0.05) is 0 Å². The molecule has 0 fully saturated rings. The molecule has 0 aromatic heterocycles. The van der Waals surface area contributed by atoms with Gasteiger partial charge in [-0.15, -0.1) is 4.59 Å². The topological polar surface area (TPSA) is 118 Å². The van der Waals surface area contributed by atoms with Crippen LogP contribution in [0.1, 0.15) is 6.92 Å². The fourth-order valence-electron chi connectivity index (χ4n) is 1.20. The Hall–Kier alpha value is -2.06. The van der Waals surface area contributed by atoms with Crippen molar-refractivity contribution in [3.05, 3.63) is 11.4 Å². The van der Waals surface area contributed by atoms with Crippen molar-refractivity contribution >= 4 is 24.1 Å². The van der Waals surface area contributed by atoms with Crippen LogP contribution in [0.5, 0.6) is 0 Å². The molecule has 0 radical (unpaired) electrons. The largest absolute Gasteiger partial charge is 0.447 e. The van der Waals surface area contributed by atoms with E-state index in [-0.39, 0.29) is 17.7 Å². The number of quaternary nitrogens is 1. The van der Waals surface area contributed by atoms with Crippen LogP contribution in [-0.4, -0.2) is 35.8 Å². The number of amides is 4. The number of imide groups is 1. The molecule has 0 saturated carbocycles. The predicted molar refractivity (Wildman–Crippen MR) is 50.8 cm³/mol. The van der Waals surface area contributed by atoms with Gasteiger partial charge in [0.25, 0.3) is 5.91 Å².